The van der Waals surface area contributed by atoms with E-state index in [2.05, 4.69) is 5.32 Å². The molecule has 0 aliphatic heterocycles. The zero-order valence-corrected chi connectivity index (χ0v) is 10.3. The van der Waals surface area contributed by atoms with Crippen LogP contribution in [-0.2, 0) is 9.59 Å². The predicted molar refractivity (Wildman–Crippen MR) is 62.0 cm³/mol. The average Bonchev–Trinajstić information content (AvgIpc) is 2.14. The van der Waals surface area contributed by atoms with Gasteiger partial charge < -0.3 is 10.4 Å². The van der Waals surface area contributed by atoms with Crippen LogP contribution >= 0.6 is 11.8 Å². The summed E-state index contributed by atoms with van der Waals surface area (Å²) in [6.07, 6.45) is 0.480. The van der Waals surface area contributed by atoms with Crippen molar-refractivity contribution in [3.63, 3.8) is 0 Å². The summed E-state index contributed by atoms with van der Waals surface area (Å²) in [5.41, 5.74) is 0. The molecule has 0 rings (SSSR count). The first-order chi connectivity index (χ1) is 6.93. The van der Waals surface area contributed by atoms with Crippen LogP contribution in [0.4, 0.5) is 0 Å². The fraction of sp³-hybridized carbons (Fsp3) is 0.800. The molecule has 0 aliphatic carbocycles. The highest BCUT2D eigenvalue weighted by Gasteiger charge is 2.10. The molecular weight excluding hydrogens is 214 g/mol. The number of amides is 1. The molecular formula is C10H19NO3S. The second-order valence-electron chi connectivity index (χ2n) is 3.74. The van der Waals surface area contributed by atoms with Crippen LogP contribution in [0.5, 0.6) is 0 Å². The summed E-state index contributed by atoms with van der Waals surface area (Å²) in [7, 11) is 0. The third-order valence-corrected chi connectivity index (χ3v) is 2.96. The summed E-state index contributed by atoms with van der Waals surface area (Å²) in [4.78, 5) is 21.7. The lowest BCUT2D eigenvalue weighted by atomic mass is 10.1. The molecule has 0 aromatic carbocycles. The molecule has 0 spiro atoms. The fourth-order valence-electron chi connectivity index (χ4n) is 0.845. The van der Waals surface area contributed by atoms with Crippen LogP contribution in [0.25, 0.3) is 0 Å². The van der Waals surface area contributed by atoms with Crippen molar-refractivity contribution in [2.75, 3.05) is 12.3 Å². The average molecular weight is 233 g/mol. The minimum Gasteiger partial charge on any atom is -0.481 e. The lowest BCUT2D eigenvalue weighted by Crippen LogP contribution is -2.28. The number of hydrogen-bond acceptors (Lipinski definition) is 3. The van der Waals surface area contributed by atoms with Crippen LogP contribution in [-0.4, -0.2) is 34.5 Å². The molecule has 4 nitrogen and oxygen atoms in total. The monoisotopic (exact) mass is 233 g/mol. The molecule has 2 N–H and O–H groups in total. The van der Waals surface area contributed by atoms with Crippen molar-refractivity contribution in [2.24, 2.45) is 5.92 Å². The van der Waals surface area contributed by atoms with Crippen molar-refractivity contribution in [1.29, 1.82) is 0 Å². The fourth-order valence-corrected chi connectivity index (χ4v) is 1.43. The van der Waals surface area contributed by atoms with Gasteiger partial charge in [0.25, 0.3) is 0 Å². The summed E-state index contributed by atoms with van der Waals surface area (Å²) < 4.78 is 0. The smallest absolute Gasteiger partial charge is 0.306 e. The third kappa shape index (κ3) is 8.30. The van der Waals surface area contributed by atoms with E-state index in [1.165, 1.54) is 0 Å². The standard InChI is InChI=1S/C10H19NO3S/c1-7(2)15-6-9(12)11-5-4-8(3)10(13)14/h7-8H,4-6H2,1-3H3,(H,11,12)(H,13,14). The maximum absolute atomic E-state index is 11.2. The van der Waals surface area contributed by atoms with Crippen LogP contribution < -0.4 is 5.32 Å². The Hall–Kier alpha value is -0.710. The molecule has 0 aliphatic rings. The van der Waals surface area contributed by atoms with Crippen molar-refractivity contribution < 1.29 is 14.7 Å². The van der Waals surface area contributed by atoms with Gasteiger partial charge in [-0.3, -0.25) is 9.59 Å². The molecule has 0 aromatic heterocycles. The molecule has 0 saturated heterocycles. The van der Waals surface area contributed by atoms with E-state index >= 15 is 0 Å². The number of nitrogens with one attached hydrogen (secondary N) is 1. The van der Waals surface area contributed by atoms with Crippen LogP contribution in [0.1, 0.15) is 27.2 Å². The van der Waals surface area contributed by atoms with Gasteiger partial charge in [0.15, 0.2) is 0 Å². The van der Waals surface area contributed by atoms with E-state index in [-0.39, 0.29) is 5.91 Å². The summed E-state index contributed by atoms with van der Waals surface area (Å²) in [6, 6.07) is 0. The topological polar surface area (TPSA) is 66.4 Å². The Morgan fingerprint density at radius 1 is 1.33 bits per heavy atom. The number of aliphatic carboxylic acids is 1. The van der Waals surface area contributed by atoms with Gasteiger partial charge in [0.2, 0.25) is 5.91 Å². The molecule has 1 amide bonds. The highest BCUT2D eigenvalue weighted by Crippen LogP contribution is 2.07. The maximum atomic E-state index is 11.2. The van der Waals surface area contributed by atoms with Gasteiger partial charge in [-0.25, -0.2) is 0 Å². The van der Waals surface area contributed by atoms with Crippen LogP contribution in [0.15, 0.2) is 0 Å². The van der Waals surface area contributed by atoms with Gasteiger partial charge in [-0.2, -0.15) is 0 Å². The molecule has 0 bridgehead atoms. The van der Waals surface area contributed by atoms with Gasteiger partial charge in [0.05, 0.1) is 11.7 Å². The minimum absolute atomic E-state index is 0.0220. The Balaban J connectivity index is 3.51. The molecule has 15 heavy (non-hydrogen) atoms. The quantitative estimate of drug-likeness (QED) is 0.696. The SMILES string of the molecule is CC(C)SCC(=O)NCCC(C)C(=O)O. The van der Waals surface area contributed by atoms with E-state index in [0.29, 0.717) is 24.0 Å². The van der Waals surface area contributed by atoms with Crippen molar-refractivity contribution in [3.05, 3.63) is 0 Å². The van der Waals surface area contributed by atoms with E-state index in [0.717, 1.165) is 0 Å². The van der Waals surface area contributed by atoms with Gasteiger partial charge in [-0.05, 0) is 11.7 Å². The summed E-state index contributed by atoms with van der Waals surface area (Å²) in [5.74, 6) is -0.797. The Kier molecular flexibility index (Phi) is 7.21. The zero-order chi connectivity index (χ0) is 11.8. The molecule has 88 valence electrons. The molecule has 1 atom stereocenters. The lowest BCUT2D eigenvalue weighted by molar-refractivity contribution is -0.141. The second kappa shape index (κ2) is 7.56. The van der Waals surface area contributed by atoms with Gasteiger partial charge in [-0.1, -0.05) is 20.8 Å². The van der Waals surface area contributed by atoms with Crippen molar-refractivity contribution in [3.8, 4) is 0 Å². The number of hydrogen-bond donors (Lipinski definition) is 2. The zero-order valence-electron chi connectivity index (χ0n) is 9.45. The molecule has 0 heterocycles. The predicted octanol–water partition coefficient (Wildman–Crippen LogP) is 1.35. The van der Waals surface area contributed by atoms with Crippen LogP contribution in [0.2, 0.25) is 0 Å². The highest BCUT2D eigenvalue weighted by atomic mass is 32.2. The van der Waals surface area contributed by atoms with Gasteiger partial charge in [0.1, 0.15) is 0 Å². The first-order valence-corrected chi connectivity index (χ1v) is 6.09. The Labute approximate surface area is 94.8 Å². The van der Waals surface area contributed by atoms with Crippen molar-refractivity contribution in [1.82, 2.24) is 5.32 Å². The molecule has 0 aromatic rings. The van der Waals surface area contributed by atoms with Gasteiger partial charge >= 0.3 is 5.97 Å². The number of carbonyl (C=O) groups excluding carboxylic acids is 1. The number of thioether (sulfide) groups is 1. The van der Waals surface area contributed by atoms with E-state index in [9.17, 15) is 9.59 Å². The summed E-state index contributed by atoms with van der Waals surface area (Å²) >= 11 is 1.58. The first-order valence-electron chi connectivity index (χ1n) is 5.04. The first kappa shape index (κ1) is 14.3. The number of rotatable bonds is 7. The number of carbonyl (C=O) groups is 2. The highest BCUT2D eigenvalue weighted by molar-refractivity contribution is 8.00. The van der Waals surface area contributed by atoms with Gasteiger partial charge in [-0.15, -0.1) is 11.8 Å². The Bertz CT molecular complexity index is 219. The van der Waals surface area contributed by atoms with E-state index in [4.69, 9.17) is 5.11 Å². The normalized spacial score (nSPS) is 12.5. The van der Waals surface area contributed by atoms with Crippen molar-refractivity contribution >= 4 is 23.6 Å². The Morgan fingerprint density at radius 2 is 1.93 bits per heavy atom. The number of carboxylic acid groups (broad SMARTS) is 1. The molecule has 0 radical (unpaired) electrons. The Morgan fingerprint density at radius 3 is 2.40 bits per heavy atom. The van der Waals surface area contributed by atoms with E-state index in [1.54, 1.807) is 18.7 Å². The minimum atomic E-state index is -0.819. The number of carboxylic acids is 1. The summed E-state index contributed by atoms with van der Waals surface area (Å²) in [6.45, 7) is 6.14. The largest absolute Gasteiger partial charge is 0.481 e. The van der Waals surface area contributed by atoms with Crippen LogP contribution in [0, 0.1) is 5.92 Å². The maximum Gasteiger partial charge on any atom is 0.306 e. The molecule has 1 unspecified atom stereocenters. The van der Waals surface area contributed by atoms with Gasteiger partial charge in [0, 0.05) is 6.54 Å². The van der Waals surface area contributed by atoms with E-state index < -0.39 is 11.9 Å². The summed E-state index contributed by atoms with van der Waals surface area (Å²) in [5, 5.41) is 11.7. The van der Waals surface area contributed by atoms with Crippen LogP contribution in [0.3, 0.4) is 0 Å². The molecule has 0 saturated carbocycles. The second-order valence-corrected chi connectivity index (χ2v) is 5.30. The molecule has 0 fully saturated rings. The van der Waals surface area contributed by atoms with E-state index in [1.807, 2.05) is 13.8 Å². The third-order valence-electron chi connectivity index (χ3n) is 1.87. The van der Waals surface area contributed by atoms with Crippen molar-refractivity contribution in [2.45, 2.75) is 32.4 Å². The lowest BCUT2D eigenvalue weighted by Gasteiger charge is -2.08. The molecule has 5 heteroatoms.